The molecule has 36 heavy (non-hydrogen) atoms. The van der Waals surface area contributed by atoms with Crippen LogP contribution in [0.15, 0.2) is 61.2 Å². The van der Waals surface area contributed by atoms with Crippen molar-refractivity contribution in [2.45, 2.75) is 57.4 Å². The number of aromatic nitrogens is 3. The molecule has 1 aliphatic heterocycles. The van der Waals surface area contributed by atoms with Crippen LogP contribution in [0.5, 0.6) is 5.75 Å². The summed E-state index contributed by atoms with van der Waals surface area (Å²) in [7, 11) is 1.66. The highest BCUT2D eigenvalue weighted by molar-refractivity contribution is 5.79. The van der Waals surface area contributed by atoms with Crippen molar-refractivity contribution in [1.29, 1.82) is 0 Å². The van der Waals surface area contributed by atoms with Crippen molar-refractivity contribution in [3.8, 4) is 11.4 Å². The normalized spacial score (nSPS) is 19.9. The quantitative estimate of drug-likeness (QED) is 0.479. The predicted molar refractivity (Wildman–Crippen MR) is 137 cm³/mol. The maximum atomic E-state index is 13.4. The van der Waals surface area contributed by atoms with E-state index in [1.807, 2.05) is 59.7 Å². The third-order valence-electron chi connectivity index (χ3n) is 7.14. The van der Waals surface area contributed by atoms with E-state index in [1.54, 1.807) is 13.3 Å². The van der Waals surface area contributed by atoms with Crippen LogP contribution in [-0.4, -0.2) is 69.4 Å². The summed E-state index contributed by atoms with van der Waals surface area (Å²) in [6.07, 6.45) is 13.3. The molecule has 2 aliphatic rings. The van der Waals surface area contributed by atoms with Crippen molar-refractivity contribution >= 4 is 5.91 Å². The van der Waals surface area contributed by atoms with Crippen molar-refractivity contribution < 1.29 is 14.3 Å². The number of carbonyl (C=O) groups is 1. The largest absolute Gasteiger partial charge is 0.494 e. The molecule has 0 bridgehead atoms. The molecule has 0 N–H and O–H groups in total. The van der Waals surface area contributed by atoms with E-state index >= 15 is 0 Å². The molecule has 1 saturated heterocycles. The minimum absolute atomic E-state index is 0.0668. The Labute approximate surface area is 212 Å². The molecular formula is C28H35N5O3. The first-order chi connectivity index (χ1) is 17.7. The Kier molecular flexibility index (Phi) is 7.93. The zero-order valence-corrected chi connectivity index (χ0v) is 21.0. The molecule has 2 aromatic heterocycles. The van der Waals surface area contributed by atoms with Gasteiger partial charge in [0.2, 0.25) is 5.91 Å². The Balaban J connectivity index is 1.31. The second-order valence-corrected chi connectivity index (χ2v) is 9.77. The van der Waals surface area contributed by atoms with Crippen LogP contribution in [0.2, 0.25) is 0 Å². The topological polar surface area (TPSA) is 72.7 Å². The summed E-state index contributed by atoms with van der Waals surface area (Å²) in [4.78, 5) is 21.9. The fraction of sp³-hybridized carbons (Fsp3) is 0.464. The SMILES string of the molecule is COc1ccccc1-n1cc(CN2CC(=O)N(C3CCCCC3)CC(OCc3cccnc3)C2)cn1. The van der Waals surface area contributed by atoms with Crippen molar-refractivity contribution in [3.63, 3.8) is 0 Å². The van der Waals surface area contributed by atoms with Gasteiger partial charge in [-0.2, -0.15) is 5.10 Å². The van der Waals surface area contributed by atoms with E-state index in [4.69, 9.17) is 9.47 Å². The van der Waals surface area contributed by atoms with Gasteiger partial charge in [-0.1, -0.05) is 37.5 Å². The van der Waals surface area contributed by atoms with Gasteiger partial charge in [0, 0.05) is 49.8 Å². The van der Waals surface area contributed by atoms with Crippen LogP contribution in [0.4, 0.5) is 0 Å². The van der Waals surface area contributed by atoms with E-state index < -0.39 is 0 Å². The molecule has 1 saturated carbocycles. The first-order valence-electron chi connectivity index (χ1n) is 12.9. The van der Waals surface area contributed by atoms with Gasteiger partial charge < -0.3 is 14.4 Å². The molecule has 1 atom stereocenters. The van der Waals surface area contributed by atoms with Gasteiger partial charge in [-0.25, -0.2) is 4.68 Å². The van der Waals surface area contributed by atoms with Crippen LogP contribution in [-0.2, 0) is 22.7 Å². The number of carbonyl (C=O) groups excluding carboxylic acids is 1. The number of benzene rings is 1. The van der Waals surface area contributed by atoms with Crippen LogP contribution in [0, 0.1) is 0 Å². The van der Waals surface area contributed by atoms with Crippen molar-refractivity contribution in [3.05, 3.63) is 72.3 Å². The summed E-state index contributed by atoms with van der Waals surface area (Å²) < 4.78 is 13.7. The van der Waals surface area contributed by atoms with Gasteiger partial charge in [0.05, 0.1) is 32.6 Å². The molecule has 3 aromatic rings. The second kappa shape index (κ2) is 11.7. The fourth-order valence-corrected chi connectivity index (χ4v) is 5.33. The van der Waals surface area contributed by atoms with E-state index in [0.29, 0.717) is 38.8 Å². The van der Waals surface area contributed by atoms with Gasteiger partial charge in [0.1, 0.15) is 11.4 Å². The van der Waals surface area contributed by atoms with E-state index in [-0.39, 0.29) is 12.0 Å². The number of amides is 1. The van der Waals surface area contributed by atoms with Gasteiger partial charge in [-0.05, 0) is 36.6 Å². The fourth-order valence-electron chi connectivity index (χ4n) is 5.33. The maximum absolute atomic E-state index is 13.4. The van der Waals surface area contributed by atoms with Gasteiger partial charge in [-0.15, -0.1) is 0 Å². The Hall–Kier alpha value is -3.23. The molecule has 1 unspecified atom stereocenters. The van der Waals surface area contributed by atoms with Crippen LogP contribution >= 0.6 is 0 Å². The Bertz CT molecular complexity index is 1130. The highest BCUT2D eigenvalue weighted by Gasteiger charge is 2.33. The van der Waals surface area contributed by atoms with Gasteiger partial charge in [0.15, 0.2) is 0 Å². The first kappa shape index (κ1) is 24.5. The average Bonchev–Trinajstić information content (AvgIpc) is 3.32. The Morgan fingerprint density at radius 2 is 1.86 bits per heavy atom. The number of hydrogen-bond acceptors (Lipinski definition) is 6. The summed E-state index contributed by atoms with van der Waals surface area (Å²) in [5.41, 5.74) is 2.98. The summed E-state index contributed by atoms with van der Waals surface area (Å²) in [6.45, 7) is 2.84. The lowest BCUT2D eigenvalue weighted by molar-refractivity contribution is -0.135. The molecule has 190 valence electrons. The van der Waals surface area contributed by atoms with E-state index in [9.17, 15) is 4.79 Å². The maximum Gasteiger partial charge on any atom is 0.237 e. The van der Waals surface area contributed by atoms with E-state index in [2.05, 4.69) is 19.9 Å². The van der Waals surface area contributed by atoms with Crippen molar-refractivity contribution in [2.75, 3.05) is 26.7 Å². The molecule has 1 aromatic carbocycles. The zero-order chi connectivity index (χ0) is 24.7. The number of rotatable bonds is 8. The summed E-state index contributed by atoms with van der Waals surface area (Å²) >= 11 is 0. The molecule has 0 radical (unpaired) electrons. The van der Waals surface area contributed by atoms with Crippen molar-refractivity contribution in [1.82, 2.24) is 24.6 Å². The standard InChI is InChI=1S/C28H35N5O3/c1-35-27-12-6-5-11-26(27)33-17-23(15-30-33)16-31-18-25(36-21-22-8-7-13-29-14-22)19-32(28(34)20-31)24-9-3-2-4-10-24/h5-8,11-15,17,24-25H,2-4,9-10,16,18-21H2,1H3. The van der Waals surface area contributed by atoms with Crippen LogP contribution < -0.4 is 4.74 Å². The summed E-state index contributed by atoms with van der Waals surface area (Å²) in [6, 6.07) is 12.1. The molecule has 5 rings (SSSR count). The molecule has 0 spiro atoms. The number of para-hydroxylation sites is 2. The predicted octanol–water partition coefficient (Wildman–Crippen LogP) is 3.84. The van der Waals surface area contributed by atoms with Crippen LogP contribution in [0.1, 0.15) is 43.2 Å². The lowest BCUT2D eigenvalue weighted by atomic mass is 9.94. The average molecular weight is 490 g/mol. The van der Waals surface area contributed by atoms with Crippen molar-refractivity contribution in [2.24, 2.45) is 0 Å². The lowest BCUT2D eigenvalue weighted by Crippen LogP contribution is -2.45. The molecule has 1 aliphatic carbocycles. The third-order valence-corrected chi connectivity index (χ3v) is 7.14. The second-order valence-electron chi connectivity index (χ2n) is 9.77. The molecular weight excluding hydrogens is 454 g/mol. The van der Waals surface area contributed by atoms with Crippen LogP contribution in [0.25, 0.3) is 5.69 Å². The first-order valence-corrected chi connectivity index (χ1v) is 12.9. The number of ether oxygens (including phenoxy) is 2. The highest BCUT2D eigenvalue weighted by atomic mass is 16.5. The molecule has 8 heteroatoms. The number of methoxy groups -OCH3 is 1. The summed E-state index contributed by atoms with van der Waals surface area (Å²) in [5.74, 6) is 0.968. The van der Waals surface area contributed by atoms with E-state index in [0.717, 1.165) is 35.4 Å². The Morgan fingerprint density at radius 3 is 2.67 bits per heavy atom. The smallest absolute Gasteiger partial charge is 0.237 e. The molecule has 2 fully saturated rings. The van der Waals surface area contributed by atoms with E-state index in [1.165, 1.54) is 19.3 Å². The number of nitrogens with zero attached hydrogens (tertiary/aromatic N) is 5. The van der Waals surface area contributed by atoms with Crippen LogP contribution in [0.3, 0.4) is 0 Å². The van der Waals surface area contributed by atoms with Gasteiger partial charge in [-0.3, -0.25) is 14.7 Å². The monoisotopic (exact) mass is 489 g/mol. The molecule has 1 amide bonds. The number of pyridine rings is 1. The minimum Gasteiger partial charge on any atom is -0.494 e. The van der Waals surface area contributed by atoms with Gasteiger partial charge >= 0.3 is 0 Å². The molecule has 8 nitrogen and oxygen atoms in total. The molecule has 3 heterocycles. The minimum atomic E-state index is -0.0668. The highest BCUT2D eigenvalue weighted by Crippen LogP contribution is 2.26. The lowest BCUT2D eigenvalue weighted by Gasteiger charge is -2.35. The third kappa shape index (κ3) is 5.94. The Morgan fingerprint density at radius 1 is 1.00 bits per heavy atom. The zero-order valence-electron chi connectivity index (χ0n) is 21.0. The summed E-state index contributed by atoms with van der Waals surface area (Å²) in [5, 5.41) is 4.56. The van der Waals surface area contributed by atoms with Gasteiger partial charge in [0.25, 0.3) is 0 Å². The number of hydrogen-bond donors (Lipinski definition) is 0.